The number of aromatic nitrogens is 3. The molecular formula is C14H10F3N3O2. The number of fused-ring (bicyclic) bond motifs is 1. The van der Waals surface area contributed by atoms with E-state index in [9.17, 15) is 23.1 Å². The molecule has 0 saturated heterocycles. The number of halogens is 3. The summed E-state index contributed by atoms with van der Waals surface area (Å²) in [5, 5.41) is 13.4. The molecule has 0 atom stereocenters. The molecule has 2 N–H and O–H groups in total. The minimum atomic E-state index is -4.47. The first-order chi connectivity index (χ1) is 10.3. The van der Waals surface area contributed by atoms with Gasteiger partial charge in [-0.25, -0.2) is 4.79 Å². The van der Waals surface area contributed by atoms with Gasteiger partial charge in [0, 0.05) is 29.7 Å². The largest absolute Gasteiger partial charge is 0.478 e. The second kappa shape index (κ2) is 4.62. The van der Waals surface area contributed by atoms with Crippen LogP contribution in [-0.2, 0) is 13.2 Å². The molecule has 0 bridgehead atoms. The summed E-state index contributed by atoms with van der Waals surface area (Å²) < 4.78 is 39.9. The average Bonchev–Trinajstić information content (AvgIpc) is 3.00. The Morgan fingerprint density at radius 3 is 2.73 bits per heavy atom. The van der Waals surface area contributed by atoms with E-state index in [-0.39, 0.29) is 11.3 Å². The number of hydrogen-bond acceptors (Lipinski definition) is 2. The lowest BCUT2D eigenvalue weighted by Gasteiger charge is -2.07. The fourth-order valence-corrected chi connectivity index (χ4v) is 2.41. The lowest BCUT2D eigenvalue weighted by Crippen LogP contribution is -2.04. The van der Waals surface area contributed by atoms with Crippen LogP contribution in [0.5, 0.6) is 0 Å². The third-order valence-corrected chi connectivity index (χ3v) is 3.43. The van der Waals surface area contributed by atoms with Crippen LogP contribution < -0.4 is 0 Å². The van der Waals surface area contributed by atoms with Crippen molar-refractivity contribution in [2.24, 2.45) is 7.05 Å². The molecule has 5 nitrogen and oxygen atoms in total. The molecule has 0 aliphatic carbocycles. The van der Waals surface area contributed by atoms with Gasteiger partial charge in [0.2, 0.25) is 0 Å². The number of aromatic carboxylic acids is 1. The molecule has 0 saturated carbocycles. The van der Waals surface area contributed by atoms with Crippen molar-refractivity contribution in [1.29, 1.82) is 0 Å². The Kier molecular flexibility index (Phi) is 2.98. The molecule has 0 radical (unpaired) electrons. The Morgan fingerprint density at radius 2 is 2.09 bits per heavy atom. The van der Waals surface area contributed by atoms with Crippen molar-refractivity contribution >= 4 is 16.9 Å². The van der Waals surface area contributed by atoms with Crippen LogP contribution in [0.25, 0.3) is 22.2 Å². The Morgan fingerprint density at radius 1 is 1.36 bits per heavy atom. The zero-order valence-corrected chi connectivity index (χ0v) is 11.3. The highest BCUT2D eigenvalue weighted by atomic mass is 19.4. The zero-order valence-electron chi connectivity index (χ0n) is 11.3. The summed E-state index contributed by atoms with van der Waals surface area (Å²) >= 11 is 0. The number of nitrogens with zero attached hydrogens (tertiary/aromatic N) is 2. The number of H-pyrrole nitrogens is 1. The molecule has 114 valence electrons. The van der Waals surface area contributed by atoms with E-state index in [2.05, 4.69) is 10.1 Å². The highest BCUT2D eigenvalue weighted by Gasteiger charge is 2.31. The van der Waals surface area contributed by atoms with Crippen LogP contribution in [0.3, 0.4) is 0 Å². The Labute approximate surface area is 122 Å². The van der Waals surface area contributed by atoms with Crippen molar-refractivity contribution in [2.75, 3.05) is 0 Å². The van der Waals surface area contributed by atoms with Gasteiger partial charge < -0.3 is 10.1 Å². The van der Waals surface area contributed by atoms with Crippen LogP contribution in [0.1, 0.15) is 15.9 Å². The van der Waals surface area contributed by atoms with Gasteiger partial charge in [-0.3, -0.25) is 4.68 Å². The quantitative estimate of drug-likeness (QED) is 0.763. The van der Waals surface area contributed by atoms with Crippen molar-refractivity contribution in [2.45, 2.75) is 6.18 Å². The van der Waals surface area contributed by atoms with Gasteiger partial charge in [0.15, 0.2) is 0 Å². The first-order valence-electron chi connectivity index (χ1n) is 6.23. The summed E-state index contributed by atoms with van der Waals surface area (Å²) in [6, 6.07) is 3.29. The molecule has 0 unspecified atom stereocenters. The number of carboxylic acids is 1. The van der Waals surface area contributed by atoms with Crippen LogP contribution in [0.2, 0.25) is 0 Å². The Hall–Kier alpha value is -2.77. The van der Waals surface area contributed by atoms with Crippen LogP contribution >= 0.6 is 0 Å². The number of rotatable bonds is 2. The first-order valence-corrected chi connectivity index (χ1v) is 6.23. The summed E-state index contributed by atoms with van der Waals surface area (Å²) in [6.07, 6.45) is -1.82. The molecule has 1 aromatic carbocycles. The Balaban J connectivity index is 2.28. The van der Waals surface area contributed by atoms with E-state index in [0.29, 0.717) is 16.5 Å². The second-order valence-electron chi connectivity index (χ2n) is 4.80. The summed E-state index contributed by atoms with van der Waals surface area (Å²) in [5.41, 5.74) is 0.234. The van der Waals surface area contributed by atoms with Crippen molar-refractivity contribution in [3.8, 4) is 11.3 Å². The monoisotopic (exact) mass is 309 g/mol. The van der Waals surface area contributed by atoms with E-state index < -0.39 is 17.7 Å². The van der Waals surface area contributed by atoms with Crippen molar-refractivity contribution < 1.29 is 23.1 Å². The van der Waals surface area contributed by atoms with Gasteiger partial charge in [0.1, 0.15) is 5.56 Å². The maximum atomic E-state index is 12.9. The van der Waals surface area contributed by atoms with E-state index in [1.165, 1.54) is 30.2 Å². The highest BCUT2D eigenvalue weighted by Crippen LogP contribution is 2.36. The molecule has 2 heterocycles. The van der Waals surface area contributed by atoms with E-state index in [1.807, 2.05) is 0 Å². The SMILES string of the molecule is Cn1ncc(C(=O)O)c1-c1c[nH]c2ccc(C(F)(F)F)cc12. The predicted molar refractivity (Wildman–Crippen MR) is 72.5 cm³/mol. The fourth-order valence-electron chi connectivity index (χ4n) is 2.41. The van der Waals surface area contributed by atoms with Crippen molar-refractivity contribution in [1.82, 2.24) is 14.8 Å². The highest BCUT2D eigenvalue weighted by molar-refractivity contribution is 6.02. The summed E-state index contributed by atoms with van der Waals surface area (Å²) in [7, 11) is 1.54. The van der Waals surface area contributed by atoms with Gasteiger partial charge in [-0.1, -0.05) is 0 Å². The summed E-state index contributed by atoms with van der Waals surface area (Å²) in [5.74, 6) is -1.19. The van der Waals surface area contributed by atoms with Gasteiger partial charge in [-0.15, -0.1) is 0 Å². The zero-order chi connectivity index (χ0) is 16.1. The molecule has 0 aliphatic heterocycles. The lowest BCUT2D eigenvalue weighted by molar-refractivity contribution is -0.137. The van der Waals surface area contributed by atoms with Gasteiger partial charge in [0.25, 0.3) is 0 Å². The minimum Gasteiger partial charge on any atom is -0.478 e. The minimum absolute atomic E-state index is 0.0687. The van der Waals surface area contributed by atoms with Crippen LogP contribution in [0, 0.1) is 0 Å². The molecule has 2 aromatic heterocycles. The number of carboxylic acid groups (broad SMARTS) is 1. The lowest BCUT2D eigenvalue weighted by atomic mass is 10.0. The normalized spacial score (nSPS) is 12.0. The Bertz CT molecular complexity index is 877. The van der Waals surface area contributed by atoms with E-state index >= 15 is 0 Å². The molecule has 0 aliphatic rings. The second-order valence-corrected chi connectivity index (χ2v) is 4.80. The summed E-state index contributed by atoms with van der Waals surface area (Å²) in [6.45, 7) is 0. The molecule has 0 fully saturated rings. The number of nitrogens with one attached hydrogen (secondary N) is 1. The summed E-state index contributed by atoms with van der Waals surface area (Å²) in [4.78, 5) is 14.1. The number of aromatic amines is 1. The number of benzene rings is 1. The van der Waals surface area contributed by atoms with Gasteiger partial charge in [-0.05, 0) is 18.2 Å². The predicted octanol–water partition coefficient (Wildman–Crippen LogP) is 3.29. The van der Waals surface area contributed by atoms with Crippen LogP contribution in [0.15, 0.2) is 30.6 Å². The number of carbonyl (C=O) groups is 1. The standard InChI is InChI=1S/C14H10F3N3O2/c1-20-12(10(6-19-20)13(21)22)9-5-18-11-3-2-7(4-8(9)11)14(15,16)17/h2-6,18H,1H3,(H,21,22). The maximum Gasteiger partial charge on any atom is 0.416 e. The average molecular weight is 309 g/mol. The smallest absolute Gasteiger partial charge is 0.416 e. The van der Waals surface area contributed by atoms with Gasteiger partial charge in [-0.2, -0.15) is 18.3 Å². The molecular weight excluding hydrogens is 299 g/mol. The van der Waals surface area contributed by atoms with Gasteiger partial charge in [0.05, 0.1) is 17.5 Å². The fraction of sp³-hybridized carbons (Fsp3) is 0.143. The van der Waals surface area contributed by atoms with E-state index in [1.54, 1.807) is 0 Å². The topological polar surface area (TPSA) is 70.9 Å². The molecule has 8 heteroatoms. The number of hydrogen-bond donors (Lipinski definition) is 2. The molecule has 0 spiro atoms. The molecule has 3 rings (SSSR count). The van der Waals surface area contributed by atoms with Crippen molar-refractivity contribution in [3.63, 3.8) is 0 Å². The number of alkyl halides is 3. The molecule has 0 amide bonds. The van der Waals surface area contributed by atoms with Crippen LogP contribution in [-0.4, -0.2) is 25.8 Å². The van der Waals surface area contributed by atoms with Crippen LogP contribution in [0.4, 0.5) is 13.2 Å². The van der Waals surface area contributed by atoms with Gasteiger partial charge >= 0.3 is 12.1 Å². The van der Waals surface area contributed by atoms with E-state index in [0.717, 1.165) is 12.1 Å². The third-order valence-electron chi connectivity index (χ3n) is 3.43. The molecule has 22 heavy (non-hydrogen) atoms. The molecule has 3 aromatic rings. The van der Waals surface area contributed by atoms with Crippen molar-refractivity contribution in [3.05, 3.63) is 41.7 Å². The third kappa shape index (κ3) is 2.12. The van der Waals surface area contributed by atoms with E-state index in [4.69, 9.17) is 0 Å². The first kappa shape index (κ1) is 14.2. The number of aryl methyl sites for hydroxylation is 1. The maximum absolute atomic E-state index is 12.9.